The second kappa shape index (κ2) is 8.36. The number of nitrogens with zero attached hydrogens (tertiary/aromatic N) is 2. The molecule has 3 rings (SSSR count). The Hall–Kier alpha value is -1.98. The summed E-state index contributed by atoms with van der Waals surface area (Å²) in [5.41, 5.74) is 1.49. The molecule has 0 bridgehead atoms. The first-order valence-electron chi connectivity index (χ1n) is 9.27. The van der Waals surface area contributed by atoms with E-state index in [2.05, 4.69) is 18.4 Å². The largest absolute Gasteiger partial charge is 0.493 e. The third kappa shape index (κ3) is 4.30. The smallest absolute Gasteiger partial charge is 0.255 e. The van der Waals surface area contributed by atoms with E-state index in [9.17, 15) is 4.79 Å². The first-order valence-corrected chi connectivity index (χ1v) is 9.64. The van der Waals surface area contributed by atoms with Gasteiger partial charge in [-0.05, 0) is 37.4 Å². The van der Waals surface area contributed by atoms with Crippen molar-refractivity contribution in [3.8, 4) is 11.5 Å². The van der Waals surface area contributed by atoms with Crippen LogP contribution in [-0.4, -0.2) is 36.8 Å². The van der Waals surface area contributed by atoms with E-state index in [0.717, 1.165) is 29.6 Å². The molecule has 146 valence electrons. The number of hydrogen-bond acceptors (Lipinski definition) is 4. The number of likely N-dealkylation sites (tertiary alicyclic amines) is 1. The Balaban J connectivity index is 2.12. The molecule has 0 saturated carbocycles. The number of allylic oxidation sites excluding steroid dienone is 1. The molecule has 0 unspecified atom stereocenters. The molecule has 1 aromatic heterocycles. The minimum absolute atomic E-state index is 0.0326. The number of halogens is 1. The van der Waals surface area contributed by atoms with Crippen LogP contribution in [0.1, 0.15) is 25.3 Å². The summed E-state index contributed by atoms with van der Waals surface area (Å²) in [6, 6.07) is 5.69. The lowest BCUT2D eigenvalue weighted by atomic mass is 10.00. The number of fused-ring (bicyclic) bond motifs is 1. The quantitative estimate of drug-likeness (QED) is 0.747. The Labute approximate surface area is 165 Å². The lowest BCUT2D eigenvalue weighted by Crippen LogP contribution is -2.36. The zero-order valence-corrected chi connectivity index (χ0v) is 17.0. The molecule has 0 spiro atoms. The van der Waals surface area contributed by atoms with Gasteiger partial charge in [0.15, 0.2) is 11.5 Å². The Morgan fingerprint density at radius 1 is 1.26 bits per heavy atom. The van der Waals surface area contributed by atoms with Gasteiger partial charge in [0.2, 0.25) is 0 Å². The Bertz CT molecular complexity index is 906. The Morgan fingerprint density at radius 3 is 2.59 bits per heavy atom. The van der Waals surface area contributed by atoms with Crippen molar-refractivity contribution >= 4 is 22.5 Å². The molecule has 1 atom stereocenters. The summed E-state index contributed by atoms with van der Waals surface area (Å²) in [6.45, 7) is 8.98. The van der Waals surface area contributed by atoms with Gasteiger partial charge in [0, 0.05) is 35.1 Å². The predicted molar refractivity (Wildman–Crippen MR) is 110 cm³/mol. The van der Waals surface area contributed by atoms with E-state index in [-0.39, 0.29) is 12.1 Å². The maximum Gasteiger partial charge on any atom is 0.255 e. The van der Waals surface area contributed by atoms with Crippen molar-refractivity contribution in [3.05, 3.63) is 45.7 Å². The maximum atomic E-state index is 13.2. The lowest BCUT2D eigenvalue weighted by Gasteiger charge is -2.30. The maximum absolute atomic E-state index is 13.2. The van der Waals surface area contributed by atoms with E-state index < -0.39 is 0 Å². The minimum Gasteiger partial charge on any atom is -0.493 e. The lowest BCUT2D eigenvalue weighted by molar-refractivity contribution is 0.176. The Morgan fingerprint density at radius 2 is 1.96 bits per heavy atom. The van der Waals surface area contributed by atoms with Gasteiger partial charge < -0.3 is 14.0 Å². The van der Waals surface area contributed by atoms with Crippen molar-refractivity contribution in [2.24, 2.45) is 5.92 Å². The van der Waals surface area contributed by atoms with Gasteiger partial charge in [-0.1, -0.05) is 25.1 Å². The zero-order chi connectivity index (χ0) is 19.6. The first-order chi connectivity index (χ1) is 12.9. The summed E-state index contributed by atoms with van der Waals surface area (Å²) >= 11 is 6.06. The number of piperidine rings is 1. The fraction of sp³-hybridized carbons (Fsp3) is 0.476. The number of methoxy groups -OCH3 is 2. The van der Waals surface area contributed by atoms with E-state index >= 15 is 0 Å². The van der Waals surface area contributed by atoms with Crippen molar-refractivity contribution in [1.82, 2.24) is 9.47 Å². The monoisotopic (exact) mass is 390 g/mol. The van der Waals surface area contributed by atoms with Crippen LogP contribution in [0.25, 0.3) is 10.9 Å². The molecular weight excluding hydrogens is 364 g/mol. The zero-order valence-electron chi connectivity index (χ0n) is 16.3. The van der Waals surface area contributed by atoms with Crippen LogP contribution in [0.2, 0.25) is 0 Å². The normalized spacial score (nSPS) is 17.9. The highest BCUT2D eigenvalue weighted by atomic mass is 35.5. The summed E-state index contributed by atoms with van der Waals surface area (Å²) in [4.78, 5) is 15.6. The standard InChI is InChI=1S/C21H27ClN2O3/c1-14-6-5-7-23(11-14)13-17-8-16-9-19(26-3)20(27-4)10-18(16)24(21(17)25)12-15(2)22/h8-10,14H,2,5-7,11-13H2,1,3-4H3/t14-/m0/s1. The summed E-state index contributed by atoms with van der Waals surface area (Å²) < 4.78 is 12.5. The summed E-state index contributed by atoms with van der Waals surface area (Å²) in [5, 5.41) is 1.34. The molecule has 0 amide bonds. The van der Waals surface area contributed by atoms with Gasteiger partial charge in [-0.15, -0.1) is 0 Å². The van der Waals surface area contributed by atoms with Crippen LogP contribution in [0.15, 0.2) is 34.6 Å². The minimum atomic E-state index is -0.0326. The van der Waals surface area contributed by atoms with E-state index in [4.69, 9.17) is 21.1 Å². The fourth-order valence-electron chi connectivity index (χ4n) is 3.88. The van der Waals surface area contributed by atoms with Crippen LogP contribution >= 0.6 is 11.6 Å². The second-order valence-electron chi connectivity index (χ2n) is 7.33. The molecule has 1 aliphatic heterocycles. The number of aromatic nitrogens is 1. The molecule has 0 aliphatic carbocycles. The molecular formula is C21H27ClN2O3. The van der Waals surface area contributed by atoms with Gasteiger partial charge in [-0.25, -0.2) is 0 Å². The van der Waals surface area contributed by atoms with Crippen LogP contribution in [0, 0.1) is 5.92 Å². The third-order valence-corrected chi connectivity index (χ3v) is 5.26. The number of pyridine rings is 1. The highest BCUT2D eigenvalue weighted by molar-refractivity contribution is 6.29. The Kier molecular flexibility index (Phi) is 6.12. The van der Waals surface area contributed by atoms with Crippen LogP contribution < -0.4 is 15.0 Å². The van der Waals surface area contributed by atoms with Crippen molar-refractivity contribution in [1.29, 1.82) is 0 Å². The van der Waals surface area contributed by atoms with Crippen molar-refractivity contribution < 1.29 is 9.47 Å². The van der Waals surface area contributed by atoms with Gasteiger partial charge >= 0.3 is 0 Å². The molecule has 2 heterocycles. The summed E-state index contributed by atoms with van der Waals surface area (Å²) in [6.07, 6.45) is 2.42. The molecule has 2 aromatic rings. The van der Waals surface area contributed by atoms with Gasteiger partial charge in [-0.2, -0.15) is 0 Å². The van der Waals surface area contributed by atoms with Crippen molar-refractivity contribution in [3.63, 3.8) is 0 Å². The molecule has 6 heteroatoms. The fourth-order valence-corrected chi connectivity index (χ4v) is 4.00. The third-order valence-electron chi connectivity index (χ3n) is 5.14. The van der Waals surface area contributed by atoms with Gasteiger partial charge in [-0.3, -0.25) is 9.69 Å². The predicted octanol–water partition coefficient (Wildman–Crippen LogP) is 4.00. The van der Waals surface area contributed by atoms with Crippen LogP contribution in [0.4, 0.5) is 0 Å². The highest BCUT2D eigenvalue weighted by Crippen LogP contribution is 2.32. The van der Waals surface area contributed by atoms with E-state index in [1.54, 1.807) is 18.8 Å². The molecule has 1 fully saturated rings. The molecule has 1 aromatic carbocycles. The molecule has 27 heavy (non-hydrogen) atoms. The SMILES string of the molecule is C=C(Cl)Cn1c(=O)c(CN2CCC[C@H](C)C2)cc2cc(OC)c(OC)cc21. The molecule has 1 aliphatic rings. The van der Waals surface area contributed by atoms with Gasteiger partial charge in [0.1, 0.15) is 0 Å². The molecule has 5 nitrogen and oxygen atoms in total. The van der Waals surface area contributed by atoms with Crippen LogP contribution in [0.5, 0.6) is 11.5 Å². The van der Waals surface area contributed by atoms with Crippen LogP contribution in [0.3, 0.4) is 0 Å². The molecule has 1 saturated heterocycles. The molecule has 0 N–H and O–H groups in total. The molecule has 0 radical (unpaired) electrons. The van der Waals surface area contributed by atoms with Crippen molar-refractivity contribution in [2.75, 3.05) is 27.3 Å². The summed E-state index contributed by atoms with van der Waals surface area (Å²) in [7, 11) is 3.19. The number of benzene rings is 1. The van der Waals surface area contributed by atoms with Gasteiger partial charge in [0.05, 0.1) is 26.3 Å². The van der Waals surface area contributed by atoms with Gasteiger partial charge in [0.25, 0.3) is 5.56 Å². The summed E-state index contributed by atoms with van der Waals surface area (Å²) in [5.74, 6) is 1.88. The average Bonchev–Trinajstić information content (AvgIpc) is 2.64. The number of hydrogen-bond donors (Lipinski definition) is 0. The number of ether oxygens (including phenoxy) is 2. The van der Waals surface area contributed by atoms with E-state index in [0.29, 0.717) is 29.0 Å². The first kappa shape index (κ1) is 19.8. The van der Waals surface area contributed by atoms with Crippen LogP contribution in [-0.2, 0) is 13.1 Å². The second-order valence-corrected chi connectivity index (χ2v) is 7.86. The topological polar surface area (TPSA) is 43.7 Å². The van der Waals surface area contributed by atoms with E-state index in [1.807, 2.05) is 18.2 Å². The van der Waals surface area contributed by atoms with E-state index in [1.165, 1.54) is 12.8 Å². The van der Waals surface area contributed by atoms with Crippen molar-refractivity contribution in [2.45, 2.75) is 32.9 Å². The average molecular weight is 391 g/mol. The number of rotatable bonds is 6. The highest BCUT2D eigenvalue weighted by Gasteiger charge is 2.20.